The Morgan fingerprint density at radius 3 is 2.67 bits per heavy atom. The zero-order chi connectivity index (χ0) is 13.3. The molecule has 0 aliphatic heterocycles. The topological polar surface area (TPSA) is 64.9 Å². The third-order valence-corrected chi connectivity index (χ3v) is 3.22. The molecule has 1 heterocycles. The summed E-state index contributed by atoms with van der Waals surface area (Å²) in [5.74, 6) is 1.03. The third kappa shape index (κ3) is 2.79. The molecule has 0 fully saturated rings. The van der Waals surface area contributed by atoms with Crippen LogP contribution >= 0.6 is 15.9 Å². The molecule has 0 radical (unpaired) electrons. The number of rotatable bonds is 2. The lowest BCUT2D eigenvalue weighted by molar-refractivity contribution is 0.253. The van der Waals surface area contributed by atoms with Crippen LogP contribution < -0.4 is 5.73 Å². The van der Waals surface area contributed by atoms with E-state index in [-0.39, 0.29) is 11.5 Å². The van der Waals surface area contributed by atoms with Gasteiger partial charge in [0.1, 0.15) is 0 Å². The van der Waals surface area contributed by atoms with Gasteiger partial charge in [-0.05, 0) is 17.5 Å². The van der Waals surface area contributed by atoms with Crippen molar-refractivity contribution in [3.05, 3.63) is 34.6 Å². The summed E-state index contributed by atoms with van der Waals surface area (Å²) in [6.45, 7) is 6.13. The maximum Gasteiger partial charge on any atom is 0.244 e. The van der Waals surface area contributed by atoms with E-state index in [2.05, 4.69) is 26.1 Å². The van der Waals surface area contributed by atoms with Crippen molar-refractivity contribution in [1.82, 2.24) is 10.1 Å². The summed E-state index contributed by atoms with van der Waals surface area (Å²) in [4.78, 5) is 4.36. The molecule has 5 heteroatoms. The van der Waals surface area contributed by atoms with Crippen LogP contribution in [0, 0.1) is 5.41 Å². The number of hydrogen-bond donors (Lipinski definition) is 1. The minimum Gasteiger partial charge on any atom is -0.337 e. The van der Waals surface area contributed by atoms with Gasteiger partial charge >= 0.3 is 0 Å². The molecule has 0 saturated carbocycles. The molecule has 0 saturated heterocycles. The maximum absolute atomic E-state index is 6.09. The first-order valence-electron chi connectivity index (χ1n) is 5.73. The second-order valence-electron chi connectivity index (χ2n) is 5.31. The van der Waals surface area contributed by atoms with Gasteiger partial charge in [-0.25, -0.2) is 0 Å². The average molecular weight is 310 g/mol. The second-order valence-corrected chi connectivity index (χ2v) is 6.23. The first kappa shape index (κ1) is 13.2. The molecule has 2 N–H and O–H groups in total. The highest BCUT2D eigenvalue weighted by atomic mass is 79.9. The molecule has 1 aromatic carbocycles. The van der Waals surface area contributed by atoms with Crippen molar-refractivity contribution in [2.24, 2.45) is 11.1 Å². The first-order valence-corrected chi connectivity index (χ1v) is 6.52. The zero-order valence-corrected chi connectivity index (χ0v) is 12.2. The maximum atomic E-state index is 6.09. The molecule has 4 nitrogen and oxygen atoms in total. The molecule has 1 atom stereocenters. The van der Waals surface area contributed by atoms with Gasteiger partial charge in [-0.3, -0.25) is 0 Å². The standard InChI is InChI=1S/C13H16BrN3O/c1-13(2,3)10(15)12-16-11(17-18-12)8-5-4-6-9(14)7-8/h4-7,10H,15H2,1-3H3. The molecule has 0 spiro atoms. The Hall–Kier alpha value is -1.20. The molecule has 2 aromatic rings. The summed E-state index contributed by atoms with van der Waals surface area (Å²) < 4.78 is 6.22. The van der Waals surface area contributed by atoms with Crippen LogP contribution in [0.1, 0.15) is 32.7 Å². The summed E-state index contributed by atoms with van der Waals surface area (Å²) in [5, 5.41) is 3.98. The fraction of sp³-hybridized carbons (Fsp3) is 0.385. The summed E-state index contributed by atoms with van der Waals surface area (Å²) >= 11 is 3.42. The second kappa shape index (κ2) is 4.82. The van der Waals surface area contributed by atoms with Crippen LogP contribution in [0.2, 0.25) is 0 Å². The van der Waals surface area contributed by atoms with Gasteiger partial charge in [-0.15, -0.1) is 0 Å². The lowest BCUT2D eigenvalue weighted by Crippen LogP contribution is -2.26. The van der Waals surface area contributed by atoms with Crippen molar-refractivity contribution in [3.8, 4) is 11.4 Å². The van der Waals surface area contributed by atoms with E-state index in [0.717, 1.165) is 10.0 Å². The van der Waals surface area contributed by atoms with E-state index >= 15 is 0 Å². The summed E-state index contributed by atoms with van der Waals surface area (Å²) in [6, 6.07) is 7.48. The molecule has 2 rings (SSSR count). The van der Waals surface area contributed by atoms with E-state index < -0.39 is 0 Å². The fourth-order valence-electron chi connectivity index (χ4n) is 1.48. The van der Waals surface area contributed by atoms with Crippen LogP contribution in [-0.4, -0.2) is 10.1 Å². The SMILES string of the molecule is CC(C)(C)C(N)c1nc(-c2cccc(Br)c2)no1. The van der Waals surface area contributed by atoms with Gasteiger partial charge < -0.3 is 10.3 Å². The number of aromatic nitrogens is 2. The molecule has 0 bridgehead atoms. The smallest absolute Gasteiger partial charge is 0.244 e. The normalized spacial score (nSPS) is 13.6. The van der Waals surface area contributed by atoms with Gasteiger partial charge in [0.15, 0.2) is 0 Å². The van der Waals surface area contributed by atoms with Crippen molar-refractivity contribution in [2.75, 3.05) is 0 Å². The van der Waals surface area contributed by atoms with Crippen LogP contribution in [0.5, 0.6) is 0 Å². The first-order chi connectivity index (χ1) is 8.38. The Balaban J connectivity index is 2.31. The Bertz CT molecular complexity index is 545. The van der Waals surface area contributed by atoms with Crippen molar-refractivity contribution in [1.29, 1.82) is 0 Å². The Morgan fingerprint density at radius 1 is 1.33 bits per heavy atom. The summed E-state index contributed by atoms with van der Waals surface area (Å²) in [7, 11) is 0. The molecule has 96 valence electrons. The van der Waals surface area contributed by atoms with E-state index in [1.54, 1.807) is 0 Å². The fourth-order valence-corrected chi connectivity index (χ4v) is 1.88. The molecule has 1 aromatic heterocycles. The third-order valence-electron chi connectivity index (χ3n) is 2.72. The van der Waals surface area contributed by atoms with Gasteiger partial charge in [0.2, 0.25) is 11.7 Å². The molecule has 0 aliphatic rings. The number of hydrogen-bond acceptors (Lipinski definition) is 4. The van der Waals surface area contributed by atoms with Crippen LogP contribution in [-0.2, 0) is 0 Å². The van der Waals surface area contributed by atoms with Crippen LogP contribution in [0.15, 0.2) is 33.3 Å². The highest BCUT2D eigenvalue weighted by molar-refractivity contribution is 9.10. The minimum absolute atomic E-state index is 0.110. The van der Waals surface area contributed by atoms with Crippen LogP contribution in [0.25, 0.3) is 11.4 Å². The largest absolute Gasteiger partial charge is 0.337 e. The number of nitrogens with two attached hydrogens (primary N) is 1. The van der Waals surface area contributed by atoms with E-state index in [0.29, 0.717) is 11.7 Å². The zero-order valence-electron chi connectivity index (χ0n) is 10.6. The molecular weight excluding hydrogens is 294 g/mol. The van der Waals surface area contributed by atoms with Crippen molar-refractivity contribution >= 4 is 15.9 Å². The van der Waals surface area contributed by atoms with Gasteiger partial charge in [-0.2, -0.15) is 4.98 Å². The van der Waals surface area contributed by atoms with Crippen molar-refractivity contribution in [2.45, 2.75) is 26.8 Å². The van der Waals surface area contributed by atoms with Crippen LogP contribution in [0.3, 0.4) is 0 Å². The summed E-state index contributed by atoms with van der Waals surface area (Å²) in [6.07, 6.45) is 0. The van der Waals surface area contributed by atoms with E-state index in [4.69, 9.17) is 10.3 Å². The number of nitrogens with zero attached hydrogens (tertiary/aromatic N) is 2. The molecular formula is C13H16BrN3O. The quantitative estimate of drug-likeness (QED) is 0.921. The predicted molar refractivity (Wildman–Crippen MR) is 73.8 cm³/mol. The highest BCUT2D eigenvalue weighted by Gasteiger charge is 2.27. The van der Waals surface area contributed by atoms with Gasteiger partial charge in [0.05, 0.1) is 6.04 Å². The number of halogens is 1. The van der Waals surface area contributed by atoms with Gasteiger partial charge in [0, 0.05) is 10.0 Å². The Kier molecular flexibility index (Phi) is 3.54. The number of benzene rings is 1. The molecule has 0 amide bonds. The van der Waals surface area contributed by atoms with Crippen LogP contribution in [0.4, 0.5) is 0 Å². The van der Waals surface area contributed by atoms with Gasteiger partial charge in [0.25, 0.3) is 0 Å². The summed E-state index contributed by atoms with van der Waals surface area (Å²) in [5.41, 5.74) is 6.88. The predicted octanol–water partition coefficient (Wildman–Crippen LogP) is 3.55. The minimum atomic E-state index is -0.272. The van der Waals surface area contributed by atoms with E-state index in [9.17, 15) is 0 Å². The monoisotopic (exact) mass is 309 g/mol. The highest BCUT2D eigenvalue weighted by Crippen LogP contribution is 2.30. The Morgan fingerprint density at radius 2 is 2.06 bits per heavy atom. The average Bonchev–Trinajstić information content (AvgIpc) is 2.75. The van der Waals surface area contributed by atoms with Crippen molar-refractivity contribution < 1.29 is 4.52 Å². The molecule has 1 unspecified atom stereocenters. The van der Waals surface area contributed by atoms with Crippen molar-refractivity contribution in [3.63, 3.8) is 0 Å². The van der Waals surface area contributed by atoms with E-state index in [1.807, 2.05) is 45.0 Å². The lowest BCUT2D eigenvalue weighted by Gasteiger charge is -2.23. The van der Waals surface area contributed by atoms with Gasteiger partial charge in [-0.1, -0.05) is 54.0 Å². The molecule has 0 aliphatic carbocycles. The Labute approximate surface area is 115 Å². The lowest BCUT2D eigenvalue weighted by atomic mass is 9.87. The van der Waals surface area contributed by atoms with E-state index in [1.165, 1.54) is 0 Å². The molecule has 18 heavy (non-hydrogen) atoms.